The Kier molecular flexibility index (Phi) is 4.63. The first-order valence-electron chi connectivity index (χ1n) is 7.29. The summed E-state index contributed by atoms with van der Waals surface area (Å²) < 4.78 is 0. The molecule has 5 heteroatoms. The number of hydrogen-bond acceptors (Lipinski definition) is 3. The first kappa shape index (κ1) is 15.5. The Bertz CT molecular complexity index is 542. The fraction of sp³-hybridized carbons (Fsp3) is 0.500. The highest BCUT2D eigenvalue weighted by Gasteiger charge is 2.40. The molecule has 0 aliphatic carbocycles. The highest BCUT2D eigenvalue weighted by atomic mass is 16.4. The van der Waals surface area contributed by atoms with Crippen LogP contribution in [-0.2, 0) is 16.0 Å². The SMILES string of the molecule is CC(C)CC(CN)C(=O)N1c2ccccc2CC1C(=O)O. The molecule has 0 saturated heterocycles. The number of carboxylic acids is 1. The van der Waals surface area contributed by atoms with E-state index in [-0.39, 0.29) is 18.4 Å². The van der Waals surface area contributed by atoms with Gasteiger partial charge in [-0.05, 0) is 24.0 Å². The average Bonchev–Trinajstić information content (AvgIpc) is 2.83. The summed E-state index contributed by atoms with van der Waals surface area (Å²) in [6.07, 6.45) is 1.02. The molecule has 114 valence electrons. The van der Waals surface area contributed by atoms with Crippen molar-refractivity contribution in [3.05, 3.63) is 29.8 Å². The minimum Gasteiger partial charge on any atom is -0.480 e. The summed E-state index contributed by atoms with van der Waals surface area (Å²) in [5.41, 5.74) is 7.34. The molecule has 1 aromatic carbocycles. The molecule has 21 heavy (non-hydrogen) atoms. The van der Waals surface area contributed by atoms with Gasteiger partial charge in [0.25, 0.3) is 0 Å². The third-order valence-electron chi connectivity index (χ3n) is 3.89. The third-order valence-corrected chi connectivity index (χ3v) is 3.89. The molecule has 2 rings (SSSR count). The van der Waals surface area contributed by atoms with Crippen molar-refractivity contribution in [1.82, 2.24) is 0 Å². The lowest BCUT2D eigenvalue weighted by Gasteiger charge is -2.27. The van der Waals surface area contributed by atoms with Gasteiger partial charge in [-0.2, -0.15) is 0 Å². The van der Waals surface area contributed by atoms with Gasteiger partial charge in [0.2, 0.25) is 5.91 Å². The van der Waals surface area contributed by atoms with E-state index in [1.165, 1.54) is 4.90 Å². The lowest BCUT2D eigenvalue weighted by molar-refractivity contribution is -0.140. The van der Waals surface area contributed by atoms with Crippen molar-refractivity contribution in [2.75, 3.05) is 11.4 Å². The smallest absolute Gasteiger partial charge is 0.327 e. The van der Waals surface area contributed by atoms with Crippen LogP contribution in [0.5, 0.6) is 0 Å². The van der Waals surface area contributed by atoms with E-state index < -0.39 is 12.0 Å². The summed E-state index contributed by atoms with van der Waals surface area (Å²) in [6.45, 7) is 4.30. The second kappa shape index (κ2) is 6.26. The summed E-state index contributed by atoms with van der Waals surface area (Å²) in [6, 6.07) is 6.54. The van der Waals surface area contributed by atoms with Crippen LogP contribution in [0.3, 0.4) is 0 Å². The van der Waals surface area contributed by atoms with E-state index in [0.29, 0.717) is 24.4 Å². The van der Waals surface area contributed by atoms with Crippen molar-refractivity contribution in [2.24, 2.45) is 17.6 Å². The summed E-state index contributed by atoms with van der Waals surface area (Å²) in [7, 11) is 0. The van der Waals surface area contributed by atoms with Crippen molar-refractivity contribution >= 4 is 17.6 Å². The summed E-state index contributed by atoms with van der Waals surface area (Å²) in [5, 5.41) is 9.42. The number of nitrogens with two attached hydrogens (primary N) is 1. The van der Waals surface area contributed by atoms with Gasteiger partial charge >= 0.3 is 5.97 Å². The number of para-hydroxylation sites is 1. The van der Waals surface area contributed by atoms with Gasteiger partial charge in [-0.25, -0.2) is 4.79 Å². The van der Waals surface area contributed by atoms with Gasteiger partial charge in [-0.15, -0.1) is 0 Å². The van der Waals surface area contributed by atoms with Crippen LogP contribution in [0.25, 0.3) is 0 Å². The van der Waals surface area contributed by atoms with Gasteiger partial charge in [-0.3, -0.25) is 9.69 Å². The minimum absolute atomic E-state index is 0.177. The molecule has 0 bridgehead atoms. The number of benzene rings is 1. The lowest BCUT2D eigenvalue weighted by atomic mass is 9.95. The van der Waals surface area contributed by atoms with E-state index in [9.17, 15) is 14.7 Å². The lowest BCUT2D eigenvalue weighted by Crippen LogP contribution is -2.47. The maximum Gasteiger partial charge on any atom is 0.327 e. The highest BCUT2D eigenvalue weighted by Crippen LogP contribution is 2.34. The maximum atomic E-state index is 12.8. The molecular weight excluding hydrogens is 268 g/mol. The van der Waals surface area contributed by atoms with Crippen molar-refractivity contribution in [3.8, 4) is 0 Å². The molecule has 2 atom stereocenters. The van der Waals surface area contributed by atoms with Gasteiger partial charge in [0, 0.05) is 18.7 Å². The predicted octanol–water partition coefficient (Wildman–Crippen LogP) is 1.65. The van der Waals surface area contributed by atoms with Crippen LogP contribution in [-0.4, -0.2) is 29.6 Å². The van der Waals surface area contributed by atoms with Gasteiger partial charge in [0.05, 0.1) is 5.92 Å². The van der Waals surface area contributed by atoms with Gasteiger partial charge in [0.1, 0.15) is 6.04 Å². The number of anilines is 1. The molecule has 1 amide bonds. The van der Waals surface area contributed by atoms with E-state index in [1.807, 2.05) is 32.0 Å². The zero-order valence-electron chi connectivity index (χ0n) is 12.5. The van der Waals surface area contributed by atoms with Crippen LogP contribution in [0.15, 0.2) is 24.3 Å². The summed E-state index contributed by atoms with van der Waals surface area (Å²) in [4.78, 5) is 25.7. The minimum atomic E-state index is -0.972. The van der Waals surface area contributed by atoms with Crippen LogP contribution in [0, 0.1) is 11.8 Å². The fourth-order valence-corrected chi connectivity index (χ4v) is 2.92. The topological polar surface area (TPSA) is 83.6 Å². The number of rotatable bonds is 5. The molecule has 0 aromatic heterocycles. The Labute approximate surface area is 124 Å². The predicted molar refractivity (Wildman–Crippen MR) is 81.1 cm³/mol. The number of hydrogen-bond donors (Lipinski definition) is 2. The van der Waals surface area contributed by atoms with E-state index in [0.717, 1.165) is 5.56 Å². The number of nitrogens with zero attached hydrogens (tertiary/aromatic N) is 1. The standard InChI is InChI=1S/C16H22N2O3/c1-10(2)7-12(9-17)15(19)18-13-6-4-3-5-11(13)8-14(18)16(20)21/h3-6,10,12,14H,7-9,17H2,1-2H3,(H,20,21). The Morgan fingerprint density at radius 3 is 2.62 bits per heavy atom. The quantitative estimate of drug-likeness (QED) is 0.863. The zero-order chi connectivity index (χ0) is 15.6. The number of carbonyl (C=O) groups excluding carboxylic acids is 1. The van der Waals surface area contributed by atoms with Crippen LogP contribution in [0.1, 0.15) is 25.8 Å². The highest BCUT2D eigenvalue weighted by molar-refractivity contribution is 6.03. The number of carboxylic acid groups (broad SMARTS) is 1. The molecule has 1 aliphatic heterocycles. The monoisotopic (exact) mass is 290 g/mol. The Morgan fingerprint density at radius 2 is 2.05 bits per heavy atom. The molecule has 5 nitrogen and oxygen atoms in total. The normalized spacial score (nSPS) is 18.7. The van der Waals surface area contributed by atoms with E-state index in [4.69, 9.17) is 5.73 Å². The van der Waals surface area contributed by atoms with Crippen LogP contribution in [0.4, 0.5) is 5.69 Å². The molecule has 1 heterocycles. The fourth-order valence-electron chi connectivity index (χ4n) is 2.92. The number of aliphatic carboxylic acids is 1. The Hall–Kier alpha value is -1.88. The molecule has 0 saturated carbocycles. The van der Waals surface area contributed by atoms with Crippen molar-refractivity contribution in [3.63, 3.8) is 0 Å². The maximum absolute atomic E-state index is 12.8. The van der Waals surface area contributed by atoms with Crippen LogP contribution >= 0.6 is 0 Å². The molecule has 0 radical (unpaired) electrons. The molecule has 1 aromatic rings. The molecule has 2 unspecified atom stereocenters. The van der Waals surface area contributed by atoms with Crippen LogP contribution < -0.4 is 10.6 Å². The van der Waals surface area contributed by atoms with Gasteiger partial charge in [-0.1, -0.05) is 32.0 Å². The van der Waals surface area contributed by atoms with Gasteiger partial charge in [0.15, 0.2) is 0 Å². The molecule has 3 N–H and O–H groups in total. The molecule has 0 fully saturated rings. The second-order valence-corrected chi connectivity index (χ2v) is 5.96. The first-order chi connectivity index (χ1) is 9.95. The summed E-state index contributed by atoms with van der Waals surface area (Å²) >= 11 is 0. The van der Waals surface area contributed by atoms with Crippen molar-refractivity contribution in [1.29, 1.82) is 0 Å². The van der Waals surface area contributed by atoms with E-state index in [2.05, 4.69) is 0 Å². The van der Waals surface area contributed by atoms with Gasteiger partial charge < -0.3 is 10.8 Å². The van der Waals surface area contributed by atoms with E-state index >= 15 is 0 Å². The van der Waals surface area contributed by atoms with Crippen molar-refractivity contribution < 1.29 is 14.7 Å². The molecule has 1 aliphatic rings. The number of amides is 1. The Balaban J connectivity index is 2.33. The number of fused-ring (bicyclic) bond motifs is 1. The largest absolute Gasteiger partial charge is 0.480 e. The zero-order valence-corrected chi connectivity index (χ0v) is 12.5. The summed E-state index contributed by atoms with van der Waals surface area (Å²) in [5.74, 6) is -1.15. The first-order valence-corrected chi connectivity index (χ1v) is 7.29. The van der Waals surface area contributed by atoms with Crippen LogP contribution in [0.2, 0.25) is 0 Å². The third kappa shape index (κ3) is 3.08. The second-order valence-electron chi connectivity index (χ2n) is 5.96. The number of carbonyl (C=O) groups is 2. The average molecular weight is 290 g/mol. The molecular formula is C16H22N2O3. The molecule has 0 spiro atoms. The Morgan fingerprint density at radius 1 is 1.38 bits per heavy atom. The van der Waals surface area contributed by atoms with E-state index in [1.54, 1.807) is 6.07 Å². The van der Waals surface area contributed by atoms with Crippen molar-refractivity contribution in [2.45, 2.75) is 32.7 Å².